The molecular weight excluding hydrogens is 308 g/mol. The normalized spacial score (nSPS) is 19.6. The first-order chi connectivity index (χ1) is 11.2. The third kappa shape index (κ3) is 2.51. The Morgan fingerprint density at radius 2 is 1.91 bits per heavy atom. The Bertz CT molecular complexity index is 790. The van der Waals surface area contributed by atoms with Crippen molar-refractivity contribution in [3.8, 4) is 0 Å². The van der Waals surface area contributed by atoms with Gasteiger partial charge in [0.05, 0.1) is 11.4 Å². The van der Waals surface area contributed by atoms with Crippen molar-refractivity contribution in [2.45, 2.75) is 11.7 Å². The summed E-state index contributed by atoms with van der Waals surface area (Å²) in [6.07, 6.45) is 0.988. The fourth-order valence-corrected chi connectivity index (χ4v) is 4.42. The number of hydrogen-bond donors (Lipinski definition) is 1. The molecular formula is C18H16N2O2S. The fourth-order valence-electron chi connectivity index (χ4n) is 3.17. The fraction of sp³-hybridized carbons (Fsp3) is 0.222. The van der Waals surface area contributed by atoms with Gasteiger partial charge in [-0.1, -0.05) is 36.4 Å². The maximum absolute atomic E-state index is 13.1. The summed E-state index contributed by atoms with van der Waals surface area (Å²) in [4.78, 5) is 26.7. The summed E-state index contributed by atoms with van der Waals surface area (Å²) in [5.74, 6) is 0.769. The van der Waals surface area contributed by atoms with E-state index < -0.39 is 0 Å². The predicted octanol–water partition coefficient (Wildman–Crippen LogP) is 3.00. The molecule has 23 heavy (non-hydrogen) atoms. The lowest BCUT2D eigenvalue weighted by Gasteiger charge is -2.33. The summed E-state index contributed by atoms with van der Waals surface area (Å²) < 4.78 is 0. The zero-order chi connectivity index (χ0) is 15.8. The van der Waals surface area contributed by atoms with E-state index in [4.69, 9.17) is 0 Å². The van der Waals surface area contributed by atoms with Gasteiger partial charge in [-0.05, 0) is 35.4 Å². The first kappa shape index (κ1) is 14.3. The van der Waals surface area contributed by atoms with E-state index in [1.807, 2.05) is 42.5 Å². The Balaban J connectivity index is 1.72. The number of carbonyl (C=O) groups is 2. The van der Waals surface area contributed by atoms with Gasteiger partial charge < -0.3 is 5.32 Å². The molecule has 0 aromatic heterocycles. The van der Waals surface area contributed by atoms with Crippen molar-refractivity contribution >= 4 is 35.0 Å². The van der Waals surface area contributed by atoms with Crippen LogP contribution < -0.4 is 10.2 Å². The Morgan fingerprint density at radius 3 is 2.83 bits per heavy atom. The highest BCUT2D eigenvalue weighted by molar-refractivity contribution is 8.00. The van der Waals surface area contributed by atoms with E-state index in [-0.39, 0.29) is 23.6 Å². The summed E-state index contributed by atoms with van der Waals surface area (Å²) in [6.45, 7) is 0.0784. The SMILES string of the molecule is O=C1CN(C(=O)C2SCCc3ccccc32)c2ccccc2N1. The Morgan fingerprint density at radius 1 is 1.13 bits per heavy atom. The van der Waals surface area contributed by atoms with Crippen molar-refractivity contribution in [1.82, 2.24) is 0 Å². The first-order valence-corrected chi connectivity index (χ1v) is 8.68. The van der Waals surface area contributed by atoms with Crippen molar-refractivity contribution in [1.29, 1.82) is 0 Å². The van der Waals surface area contributed by atoms with Gasteiger partial charge in [0, 0.05) is 0 Å². The largest absolute Gasteiger partial charge is 0.323 e. The number of hydrogen-bond acceptors (Lipinski definition) is 3. The topological polar surface area (TPSA) is 49.4 Å². The Labute approximate surface area is 138 Å². The highest BCUT2D eigenvalue weighted by atomic mass is 32.2. The highest BCUT2D eigenvalue weighted by Crippen LogP contribution is 2.40. The van der Waals surface area contributed by atoms with Crippen LogP contribution in [0.15, 0.2) is 48.5 Å². The van der Waals surface area contributed by atoms with Gasteiger partial charge in [-0.15, -0.1) is 11.8 Å². The van der Waals surface area contributed by atoms with E-state index in [9.17, 15) is 9.59 Å². The molecule has 2 aliphatic heterocycles. The maximum Gasteiger partial charge on any atom is 0.245 e. The lowest BCUT2D eigenvalue weighted by molar-refractivity contribution is -0.121. The molecule has 2 heterocycles. The van der Waals surface area contributed by atoms with Crippen molar-refractivity contribution < 1.29 is 9.59 Å². The van der Waals surface area contributed by atoms with Crippen LogP contribution in [0.1, 0.15) is 16.4 Å². The Kier molecular flexibility index (Phi) is 3.58. The number of fused-ring (bicyclic) bond motifs is 2. The van der Waals surface area contributed by atoms with E-state index in [2.05, 4.69) is 11.4 Å². The van der Waals surface area contributed by atoms with Gasteiger partial charge in [0.2, 0.25) is 11.8 Å². The van der Waals surface area contributed by atoms with Crippen LogP contribution in [0.2, 0.25) is 0 Å². The quantitative estimate of drug-likeness (QED) is 0.877. The second-order valence-corrected chi connectivity index (χ2v) is 6.90. The molecule has 1 unspecified atom stereocenters. The molecule has 0 aliphatic carbocycles. The first-order valence-electron chi connectivity index (χ1n) is 7.64. The molecule has 0 saturated heterocycles. The molecule has 116 valence electrons. The number of nitrogens with one attached hydrogen (secondary N) is 1. The number of benzene rings is 2. The minimum absolute atomic E-state index is 0.00977. The third-order valence-corrected chi connectivity index (χ3v) is 5.48. The molecule has 4 nitrogen and oxygen atoms in total. The van der Waals surface area contributed by atoms with Gasteiger partial charge in [-0.25, -0.2) is 0 Å². The smallest absolute Gasteiger partial charge is 0.245 e. The molecule has 2 aromatic carbocycles. The van der Waals surface area contributed by atoms with Crippen LogP contribution in [0.3, 0.4) is 0 Å². The average molecular weight is 324 g/mol. The molecule has 2 aromatic rings. The van der Waals surface area contributed by atoms with E-state index in [1.54, 1.807) is 16.7 Å². The number of nitrogens with zero attached hydrogens (tertiary/aromatic N) is 1. The minimum Gasteiger partial charge on any atom is -0.323 e. The van der Waals surface area contributed by atoms with E-state index in [0.717, 1.165) is 23.4 Å². The summed E-state index contributed by atoms with van der Waals surface area (Å²) >= 11 is 1.66. The second-order valence-electron chi connectivity index (χ2n) is 5.69. The van der Waals surface area contributed by atoms with Crippen LogP contribution in [-0.4, -0.2) is 24.1 Å². The Hall–Kier alpha value is -2.27. The van der Waals surface area contributed by atoms with Crippen molar-refractivity contribution in [2.75, 3.05) is 22.5 Å². The molecule has 0 saturated carbocycles. The van der Waals surface area contributed by atoms with Gasteiger partial charge in [0.1, 0.15) is 11.8 Å². The average Bonchev–Trinajstić information content (AvgIpc) is 2.60. The molecule has 5 heteroatoms. The number of carbonyl (C=O) groups excluding carboxylic acids is 2. The molecule has 0 bridgehead atoms. The monoisotopic (exact) mass is 324 g/mol. The number of amides is 2. The summed E-state index contributed by atoms with van der Waals surface area (Å²) in [6, 6.07) is 15.6. The molecule has 2 amide bonds. The second kappa shape index (κ2) is 5.74. The van der Waals surface area contributed by atoms with Gasteiger partial charge >= 0.3 is 0 Å². The number of rotatable bonds is 1. The van der Waals surface area contributed by atoms with Crippen molar-refractivity contribution in [3.05, 3.63) is 59.7 Å². The van der Waals surface area contributed by atoms with Gasteiger partial charge in [-0.2, -0.15) is 0 Å². The third-order valence-electron chi connectivity index (χ3n) is 4.25. The lowest BCUT2D eigenvalue weighted by atomic mass is 10.0. The summed E-state index contributed by atoms with van der Waals surface area (Å²) in [5.41, 5.74) is 3.79. The zero-order valence-corrected chi connectivity index (χ0v) is 13.3. The molecule has 1 N–H and O–H groups in total. The number of aryl methyl sites for hydroxylation is 1. The maximum atomic E-state index is 13.1. The van der Waals surface area contributed by atoms with Crippen LogP contribution in [0.5, 0.6) is 0 Å². The molecule has 4 rings (SSSR count). The van der Waals surface area contributed by atoms with Crippen LogP contribution in [0.25, 0.3) is 0 Å². The predicted molar refractivity (Wildman–Crippen MR) is 92.8 cm³/mol. The number of para-hydroxylation sites is 2. The minimum atomic E-state index is -0.237. The van der Waals surface area contributed by atoms with Crippen LogP contribution >= 0.6 is 11.8 Å². The van der Waals surface area contributed by atoms with Crippen molar-refractivity contribution in [2.24, 2.45) is 0 Å². The molecule has 0 spiro atoms. The molecule has 0 radical (unpaired) electrons. The summed E-state index contributed by atoms with van der Waals surface area (Å²) in [5, 5.41) is 2.59. The molecule has 0 fully saturated rings. The highest BCUT2D eigenvalue weighted by Gasteiger charge is 2.34. The van der Waals surface area contributed by atoms with E-state index >= 15 is 0 Å². The molecule has 1 atom stereocenters. The van der Waals surface area contributed by atoms with Crippen LogP contribution in [-0.2, 0) is 16.0 Å². The van der Waals surface area contributed by atoms with Crippen LogP contribution in [0, 0.1) is 0 Å². The summed E-state index contributed by atoms with van der Waals surface area (Å²) in [7, 11) is 0. The van der Waals surface area contributed by atoms with Crippen LogP contribution in [0.4, 0.5) is 11.4 Å². The zero-order valence-electron chi connectivity index (χ0n) is 12.5. The van der Waals surface area contributed by atoms with Gasteiger partial charge in [0.25, 0.3) is 0 Å². The van der Waals surface area contributed by atoms with Gasteiger partial charge in [-0.3, -0.25) is 14.5 Å². The lowest BCUT2D eigenvalue weighted by Crippen LogP contribution is -2.44. The van der Waals surface area contributed by atoms with E-state index in [0.29, 0.717) is 5.69 Å². The van der Waals surface area contributed by atoms with Crippen molar-refractivity contribution in [3.63, 3.8) is 0 Å². The number of anilines is 2. The van der Waals surface area contributed by atoms with E-state index in [1.165, 1.54) is 5.56 Å². The standard InChI is InChI=1S/C18H16N2O2S/c21-16-11-20(15-8-4-3-7-14(15)19-16)18(22)17-13-6-2-1-5-12(13)9-10-23-17/h1-8,17H,9-11H2,(H,19,21). The number of thioether (sulfide) groups is 1. The van der Waals surface area contributed by atoms with Gasteiger partial charge in [0.15, 0.2) is 0 Å². The molecule has 2 aliphatic rings.